The number of carbonyl (C=O) groups excluding carboxylic acids is 2. The predicted octanol–water partition coefficient (Wildman–Crippen LogP) is 1.67. The molecule has 1 fully saturated rings. The quantitative estimate of drug-likeness (QED) is 0.894. The lowest BCUT2D eigenvalue weighted by Gasteiger charge is -2.30. The van der Waals surface area contributed by atoms with Crippen molar-refractivity contribution >= 4 is 23.2 Å². The van der Waals surface area contributed by atoms with Crippen molar-refractivity contribution in [1.29, 1.82) is 0 Å². The lowest BCUT2D eigenvalue weighted by molar-refractivity contribution is -0.134. The highest BCUT2D eigenvalue weighted by Crippen LogP contribution is 2.26. The zero-order valence-electron chi connectivity index (χ0n) is 13.3. The number of hydrogen-bond donors (Lipinski definition) is 1. The molecule has 0 saturated heterocycles. The summed E-state index contributed by atoms with van der Waals surface area (Å²) >= 11 is 1.42. The molecule has 6 nitrogen and oxygen atoms in total. The highest BCUT2D eigenvalue weighted by Gasteiger charge is 2.29. The van der Waals surface area contributed by atoms with Gasteiger partial charge in [-0.1, -0.05) is 6.42 Å². The maximum Gasteiger partial charge on any atom is 0.270 e. The normalized spacial score (nSPS) is 21.4. The molecule has 1 N–H and O–H groups in total. The maximum atomic E-state index is 12.2. The van der Waals surface area contributed by atoms with Crippen LogP contribution >= 0.6 is 11.3 Å². The van der Waals surface area contributed by atoms with Crippen LogP contribution in [-0.4, -0.2) is 48.9 Å². The van der Waals surface area contributed by atoms with Crippen molar-refractivity contribution < 1.29 is 14.3 Å². The molecule has 7 heteroatoms. The van der Waals surface area contributed by atoms with E-state index in [2.05, 4.69) is 10.3 Å². The third-order valence-electron chi connectivity index (χ3n) is 3.85. The van der Waals surface area contributed by atoms with E-state index in [1.54, 1.807) is 31.5 Å². The van der Waals surface area contributed by atoms with E-state index >= 15 is 0 Å². The number of nitrogens with zero attached hydrogens (tertiary/aromatic N) is 2. The molecule has 1 saturated carbocycles. The topological polar surface area (TPSA) is 71.5 Å². The molecular formula is C15H23N3O3S. The predicted molar refractivity (Wildman–Crippen MR) is 84.7 cm³/mol. The molecule has 2 amide bonds. The van der Waals surface area contributed by atoms with Crippen molar-refractivity contribution in [2.45, 2.75) is 38.3 Å². The summed E-state index contributed by atoms with van der Waals surface area (Å²) in [5, 5.41) is 5.54. The first kappa shape index (κ1) is 16.9. The molecule has 1 heterocycles. The summed E-state index contributed by atoms with van der Waals surface area (Å²) in [4.78, 5) is 30.2. The van der Waals surface area contributed by atoms with Gasteiger partial charge in [0.2, 0.25) is 5.91 Å². The number of thiazole rings is 1. The third kappa shape index (κ3) is 4.27. The van der Waals surface area contributed by atoms with Crippen molar-refractivity contribution in [2.24, 2.45) is 5.92 Å². The number of hydrogen-bond acceptors (Lipinski definition) is 5. The average Bonchev–Trinajstić information content (AvgIpc) is 2.96. The van der Waals surface area contributed by atoms with Gasteiger partial charge in [0.15, 0.2) is 0 Å². The second-order valence-corrected chi connectivity index (χ2v) is 6.77. The van der Waals surface area contributed by atoms with Crippen molar-refractivity contribution in [1.82, 2.24) is 15.2 Å². The fourth-order valence-electron chi connectivity index (χ4n) is 2.77. The molecule has 1 aliphatic rings. The monoisotopic (exact) mass is 325 g/mol. The van der Waals surface area contributed by atoms with Gasteiger partial charge in [-0.3, -0.25) is 9.59 Å². The zero-order valence-corrected chi connectivity index (χ0v) is 14.1. The Bertz CT molecular complexity index is 530. The van der Waals surface area contributed by atoms with Crippen molar-refractivity contribution in [2.75, 3.05) is 21.2 Å². The van der Waals surface area contributed by atoms with Gasteiger partial charge < -0.3 is 15.0 Å². The van der Waals surface area contributed by atoms with Crippen molar-refractivity contribution in [3.05, 3.63) is 16.1 Å². The molecule has 122 valence electrons. The summed E-state index contributed by atoms with van der Waals surface area (Å²) < 4.78 is 5.01. The van der Waals surface area contributed by atoms with Gasteiger partial charge in [0.1, 0.15) is 10.7 Å². The molecule has 0 spiro atoms. The second kappa shape index (κ2) is 7.69. The molecule has 1 aromatic rings. The summed E-state index contributed by atoms with van der Waals surface area (Å²) in [5.74, 6) is -0.00919. The van der Waals surface area contributed by atoms with Crippen LogP contribution in [0.5, 0.6) is 0 Å². The Morgan fingerprint density at radius 2 is 2.23 bits per heavy atom. The first-order chi connectivity index (χ1) is 10.5. The van der Waals surface area contributed by atoms with Crippen LogP contribution in [0.15, 0.2) is 5.38 Å². The second-order valence-electron chi connectivity index (χ2n) is 5.83. The molecule has 22 heavy (non-hydrogen) atoms. The number of amides is 2. The zero-order chi connectivity index (χ0) is 16.1. The van der Waals surface area contributed by atoms with E-state index in [9.17, 15) is 9.59 Å². The molecule has 0 aliphatic heterocycles. The van der Waals surface area contributed by atoms with E-state index < -0.39 is 0 Å². The summed E-state index contributed by atoms with van der Waals surface area (Å²) in [6.45, 7) is 0.417. The molecule has 1 aromatic heterocycles. The van der Waals surface area contributed by atoms with Gasteiger partial charge in [-0.15, -0.1) is 11.3 Å². The fourth-order valence-corrected chi connectivity index (χ4v) is 3.52. The SMILES string of the molecule is COCc1nc(C(=O)NC2CCCC(C(=O)N(C)C)C2)cs1. The molecule has 1 aliphatic carbocycles. The first-order valence-electron chi connectivity index (χ1n) is 7.46. The Balaban J connectivity index is 1.91. The summed E-state index contributed by atoms with van der Waals surface area (Å²) in [6.07, 6.45) is 3.48. The van der Waals surface area contributed by atoms with Crippen LogP contribution in [0.1, 0.15) is 41.2 Å². The standard InChI is InChI=1S/C15H23N3O3S/c1-18(2)15(20)10-5-4-6-11(7-10)16-14(19)12-9-22-13(17-12)8-21-3/h9-11H,4-8H2,1-3H3,(H,16,19). The van der Waals surface area contributed by atoms with E-state index in [0.717, 1.165) is 24.3 Å². The average molecular weight is 325 g/mol. The first-order valence-corrected chi connectivity index (χ1v) is 8.34. The Kier molecular flexibility index (Phi) is 5.90. The Morgan fingerprint density at radius 3 is 2.91 bits per heavy atom. The van der Waals surface area contributed by atoms with Crippen LogP contribution in [0.25, 0.3) is 0 Å². The number of ether oxygens (including phenoxy) is 1. The van der Waals surface area contributed by atoms with Gasteiger partial charge in [0.05, 0.1) is 6.61 Å². The van der Waals surface area contributed by atoms with Gasteiger partial charge in [-0.2, -0.15) is 0 Å². The van der Waals surface area contributed by atoms with Gasteiger partial charge >= 0.3 is 0 Å². The van der Waals surface area contributed by atoms with Gasteiger partial charge in [-0.25, -0.2) is 4.98 Å². The highest BCUT2D eigenvalue weighted by atomic mass is 32.1. The molecular weight excluding hydrogens is 302 g/mol. The van der Waals surface area contributed by atoms with E-state index in [-0.39, 0.29) is 23.8 Å². The van der Waals surface area contributed by atoms with E-state index in [1.807, 2.05) is 0 Å². The van der Waals surface area contributed by atoms with Gasteiger partial charge in [0.25, 0.3) is 5.91 Å². The van der Waals surface area contributed by atoms with Gasteiger partial charge in [-0.05, 0) is 19.3 Å². The largest absolute Gasteiger partial charge is 0.378 e. The van der Waals surface area contributed by atoms with Crippen LogP contribution in [0, 0.1) is 5.92 Å². The smallest absolute Gasteiger partial charge is 0.270 e. The molecule has 2 atom stereocenters. The molecule has 2 rings (SSSR count). The number of carbonyl (C=O) groups is 2. The van der Waals surface area contributed by atoms with E-state index in [1.165, 1.54) is 11.3 Å². The Labute approximate surface area is 134 Å². The summed E-state index contributed by atoms with van der Waals surface area (Å²) in [6, 6.07) is 0.0442. The minimum Gasteiger partial charge on any atom is -0.378 e. The Hall–Kier alpha value is -1.47. The lowest BCUT2D eigenvalue weighted by atomic mass is 9.85. The highest BCUT2D eigenvalue weighted by molar-refractivity contribution is 7.09. The third-order valence-corrected chi connectivity index (χ3v) is 4.67. The van der Waals surface area contributed by atoms with Crippen LogP contribution < -0.4 is 5.32 Å². The fraction of sp³-hybridized carbons (Fsp3) is 0.667. The van der Waals surface area contributed by atoms with E-state index in [4.69, 9.17) is 4.74 Å². The molecule has 0 bridgehead atoms. The molecule has 2 unspecified atom stereocenters. The van der Waals surface area contributed by atoms with Crippen LogP contribution in [0.2, 0.25) is 0 Å². The van der Waals surface area contributed by atoms with Crippen molar-refractivity contribution in [3.63, 3.8) is 0 Å². The van der Waals surface area contributed by atoms with Crippen LogP contribution in [-0.2, 0) is 16.1 Å². The number of aromatic nitrogens is 1. The molecule has 0 aromatic carbocycles. The lowest BCUT2D eigenvalue weighted by Crippen LogP contribution is -2.42. The number of methoxy groups -OCH3 is 1. The minimum absolute atomic E-state index is 0.00790. The Morgan fingerprint density at radius 1 is 1.45 bits per heavy atom. The van der Waals surface area contributed by atoms with Crippen LogP contribution in [0.3, 0.4) is 0 Å². The van der Waals surface area contributed by atoms with Crippen LogP contribution in [0.4, 0.5) is 0 Å². The van der Waals surface area contributed by atoms with Gasteiger partial charge in [0, 0.05) is 38.5 Å². The summed E-state index contributed by atoms with van der Waals surface area (Å²) in [7, 11) is 5.15. The minimum atomic E-state index is -0.165. The summed E-state index contributed by atoms with van der Waals surface area (Å²) in [5.41, 5.74) is 0.429. The number of rotatable bonds is 5. The molecule has 0 radical (unpaired) electrons. The number of nitrogens with one attached hydrogen (secondary N) is 1. The van der Waals surface area contributed by atoms with Crippen molar-refractivity contribution in [3.8, 4) is 0 Å². The maximum absolute atomic E-state index is 12.2. The van der Waals surface area contributed by atoms with E-state index in [0.29, 0.717) is 18.7 Å².